The van der Waals surface area contributed by atoms with Crippen LogP contribution in [0.2, 0.25) is 0 Å². The van der Waals surface area contributed by atoms with E-state index in [1.165, 1.54) is 17.2 Å². The zero-order chi connectivity index (χ0) is 22.2. The molecule has 1 heterocycles. The summed E-state index contributed by atoms with van der Waals surface area (Å²) in [6.45, 7) is 1.77. The van der Waals surface area contributed by atoms with Crippen molar-refractivity contribution in [3.8, 4) is 11.1 Å². The van der Waals surface area contributed by atoms with Gasteiger partial charge in [0.05, 0.1) is 6.33 Å². The van der Waals surface area contributed by atoms with E-state index >= 15 is 0 Å². The number of guanidine groups is 1. The maximum absolute atomic E-state index is 13.9. The summed E-state index contributed by atoms with van der Waals surface area (Å²) in [5.74, 6) is 0.399. The molecule has 0 amide bonds. The van der Waals surface area contributed by atoms with Crippen LogP contribution in [0, 0.1) is 5.82 Å². The fourth-order valence-electron chi connectivity index (χ4n) is 3.56. The molecule has 0 aliphatic heterocycles. The number of hydrogen-bond donors (Lipinski definition) is 2. The number of aromatic nitrogens is 2. The summed E-state index contributed by atoms with van der Waals surface area (Å²) in [6, 6.07) is 23.6. The third-order valence-electron chi connectivity index (χ3n) is 5.28. The fourth-order valence-corrected chi connectivity index (χ4v) is 3.56. The molecule has 170 valence electrons. The third kappa shape index (κ3) is 6.64. The van der Waals surface area contributed by atoms with Crippen molar-refractivity contribution in [1.29, 1.82) is 0 Å². The van der Waals surface area contributed by atoms with E-state index in [1.54, 1.807) is 25.4 Å². The molecule has 2 N–H and O–H groups in total. The quantitative estimate of drug-likeness (QED) is 0.187. The van der Waals surface area contributed by atoms with E-state index in [4.69, 9.17) is 0 Å². The molecule has 0 unspecified atom stereocenters. The topological polar surface area (TPSA) is 54.2 Å². The molecule has 0 aliphatic carbocycles. The lowest BCUT2D eigenvalue weighted by molar-refractivity contribution is 0.604. The molecule has 0 radical (unpaired) electrons. The van der Waals surface area contributed by atoms with Crippen molar-refractivity contribution in [3.63, 3.8) is 0 Å². The van der Waals surface area contributed by atoms with Crippen molar-refractivity contribution in [1.82, 2.24) is 20.2 Å². The van der Waals surface area contributed by atoms with Gasteiger partial charge in [0.15, 0.2) is 5.96 Å². The first-order chi connectivity index (χ1) is 15.7. The van der Waals surface area contributed by atoms with Crippen molar-refractivity contribution in [2.75, 3.05) is 7.05 Å². The minimum absolute atomic E-state index is 0. The molecule has 4 aromatic rings. The number of hydrogen-bond acceptors (Lipinski definition) is 2. The van der Waals surface area contributed by atoms with Gasteiger partial charge in [-0.1, -0.05) is 66.7 Å². The van der Waals surface area contributed by atoms with Gasteiger partial charge in [-0.25, -0.2) is 9.37 Å². The monoisotopic (exact) mass is 555 g/mol. The van der Waals surface area contributed by atoms with Crippen LogP contribution in [0.15, 0.2) is 96.5 Å². The highest BCUT2D eigenvalue weighted by Gasteiger charge is 2.07. The van der Waals surface area contributed by atoms with Crippen LogP contribution < -0.4 is 10.6 Å². The highest BCUT2D eigenvalue weighted by Crippen LogP contribution is 2.24. The number of aliphatic imine (C=N–C) groups is 1. The molecule has 0 aliphatic rings. The van der Waals surface area contributed by atoms with Crippen LogP contribution in [0.3, 0.4) is 0 Å². The van der Waals surface area contributed by atoms with Gasteiger partial charge in [0.25, 0.3) is 0 Å². The van der Waals surface area contributed by atoms with Crippen LogP contribution in [0.1, 0.15) is 16.7 Å². The van der Waals surface area contributed by atoms with Crippen molar-refractivity contribution in [3.05, 3.63) is 114 Å². The first kappa shape index (κ1) is 24.4. The highest BCUT2D eigenvalue weighted by atomic mass is 127. The number of nitrogens with zero attached hydrogens (tertiary/aromatic N) is 3. The second kappa shape index (κ2) is 12.2. The molecule has 1 aromatic heterocycles. The van der Waals surface area contributed by atoms with E-state index < -0.39 is 0 Å². The van der Waals surface area contributed by atoms with Crippen LogP contribution >= 0.6 is 24.0 Å². The Morgan fingerprint density at radius 2 is 1.58 bits per heavy atom. The predicted octanol–water partition coefficient (Wildman–Crippen LogP) is 5.22. The second-order valence-electron chi connectivity index (χ2n) is 7.46. The van der Waals surface area contributed by atoms with E-state index in [0.29, 0.717) is 24.6 Å². The molecule has 3 aromatic carbocycles. The van der Waals surface area contributed by atoms with Crippen LogP contribution in [0.25, 0.3) is 11.1 Å². The summed E-state index contributed by atoms with van der Waals surface area (Å²) in [5, 5.41) is 6.51. The second-order valence-corrected chi connectivity index (χ2v) is 7.46. The first-order valence-electron chi connectivity index (χ1n) is 10.5. The zero-order valence-corrected chi connectivity index (χ0v) is 20.7. The molecule has 0 saturated carbocycles. The van der Waals surface area contributed by atoms with E-state index in [9.17, 15) is 4.39 Å². The largest absolute Gasteiger partial charge is 0.352 e. The van der Waals surface area contributed by atoms with Crippen LogP contribution in [-0.2, 0) is 19.6 Å². The smallest absolute Gasteiger partial charge is 0.191 e. The molecule has 0 saturated heterocycles. The lowest BCUT2D eigenvalue weighted by Crippen LogP contribution is -2.36. The summed E-state index contributed by atoms with van der Waals surface area (Å²) in [6.07, 6.45) is 5.57. The van der Waals surface area contributed by atoms with Gasteiger partial charge in [-0.3, -0.25) is 4.99 Å². The lowest BCUT2D eigenvalue weighted by Gasteiger charge is -2.15. The van der Waals surface area contributed by atoms with Gasteiger partial charge in [-0.05, 0) is 28.3 Å². The Labute approximate surface area is 210 Å². The van der Waals surface area contributed by atoms with Gasteiger partial charge in [0.1, 0.15) is 5.82 Å². The van der Waals surface area contributed by atoms with E-state index in [-0.39, 0.29) is 29.8 Å². The average Bonchev–Trinajstić information content (AvgIpc) is 3.34. The Hall–Kier alpha value is -3.20. The normalized spacial score (nSPS) is 11.0. The molecular weight excluding hydrogens is 528 g/mol. The van der Waals surface area contributed by atoms with Crippen molar-refractivity contribution >= 4 is 29.9 Å². The standard InChI is InChI=1S/C26H26FN5.HI/c1-28-26(31-17-23-7-3-5-9-25(23)27)30-16-22-6-2-4-8-24(22)21-12-10-20(11-13-21)18-32-15-14-29-19-32;/h2-15,19H,16-18H2,1H3,(H2,28,30,31);1H. The van der Waals surface area contributed by atoms with Gasteiger partial charge in [0, 0.05) is 44.6 Å². The molecule has 4 rings (SSSR count). The number of halogens is 2. The maximum atomic E-state index is 13.9. The molecule has 0 spiro atoms. The molecule has 7 heteroatoms. The molecular formula is C26H27FIN5. The number of rotatable bonds is 7. The van der Waals surface area contributed by atoms with Crippen molar-refractivity contribution in [2.45, 2.75) is 19.6 Å². The van der Waals surface area contributed by atoms with Gasteiger partial charge >= 0.3 is 0 Å². The minimum Gasteiger partial charge on any atom is -0.352 e. The Morgan fingerprint density at radius 1 is 0.909 bits per heavy atom. The van der Waals surface area contributed by atoms with Crippen LogP contribution in [0.4, 0.5) is 4.39 Å². The molecule has 0 bridgehead atoms. The summed E-state index contributed by atoms with van der Waals surface area (Å²) in [4.78, 5) is 8.36. The Kier molecular flexibility index (Phi) is 9.00. The van der Waals surface area contributed by atoms with E-state index in [2.05, 4.69) is 57.0 Å². The highest BCUT2D eigenvalue weighted by molar-refractivity contribution is 14.0. The Balaban J connectivity index is 0.00000306. The maximum Gasteiger partial charge on any atom is 0.191 e. The Morgan fingerprint density at radius 3 is 2.24 bits per heavy atom. The minimum atomic E-state index is -0.225. The van der Waals surface area contributed by atoms with Gasteiger partial charge in [-0.2, -0.15) is 0 Å². The average molecular weight is 555 g/mol. The predicted molar refractivity (Wildman–Crippen MR) is 142 cm³/mol. The zero-order valence-electron chi connectivity index (χ0n) is 18.4. The number of benzene rings is 3. The molecule has 0 fully saturated rings. The van der Waals surface area contributed by atoms with Gasteiger partial charge in [0.2, 0.25) is 0 Å². The van der Waals surface area contributed by atoms with Crippen LogP contribution in [-0.4, -0.2) is 22.6 Å². The fraction of sp³-hybridized carbons (Fsp3) is 0.154. The first-order valence-corrected chi connectivity index (χ1v) is 10.5. The lowest BCUT2D eigenvalue weighted by atomic mass is 9.98. The number of nitrogens with one attached hydrogen (secondary N) is 2. The third-order valence-corrected chi connectivity index (χ3v) is 5.28. The van der Waals surface area contributed by atoms with E-state index in [1.807, 2.05) is 35.3 Å². The molecule has 5 nitrogen and oxygen atoms in total. The van der Waals surface area contributed by atoms with Crippen molar-refractivity contribution in [2.24, 2.45) is 4.99 Å². The van der Waals surface area contributed by atoms with Crippen molar-refractivity contribution < 1.29 is 4.39 Å². The van der Waals surface area contributed by atoms with E-state index in [0.717, 1.165) is 17.7 Å². The summed E-state index contributed by atoms with van der Waals surface area (Å²) in [7, 11) is 1.71. The Bertz CT molecular complexity index is 1170. The molecule has 0 atom stereocenters. The van der Waals surface area contributed by atoms with Crippen LogP contribution in [0.5, 0.6) is 0 Å². The summed E-state index contributed by atoms with van der Waals surface area (Å²) >= 11 is 0. The SMILES string of the molecule is CN=C(NCc1ccccc1F)NCc1ccccc1-c1ccc(Cn2ccnc2)cc1.I. The molecule has 33 heavy (non-hydrogen) atoms. The number of imidazole rings is 1. The summed E-state index contributed by atoms with van der Waals surface area (Å²) < 4.78 is 15.9. The summed E-state index contributed by atoms with van der Waals surface area (Å²) in [5.41, 5.74) is 5.31. The van der Waals surface area contributed by atoms with Gasteiger partial charge < -0.3 is 15.2 Å². The van der Waals surface area contributed by atoms with Gasteiger partial charge in [-0.15, -0.1) is 24.0 Å².